The van der Waals surface area contributed by atoms with Crippen LogP contribution in [0, 0.1) is 5.82 Å². The van der Waals surface area contributed by atoms with E-state index in [2.05, 4.69) is 24.1 Å². The van der Waals surface area contributed by atoms with E-state index in [0.29, 0.717) is 5.02 Å². The van der Waals surface area contributed by atoms with Gasteiger partial charge in [-0.3, -0.25) is 0 Å². The van der Waals surface area contributed by atoms with Crippen molar-refractivity contribution in [2.45, 2.75) is 19.9 Å². The number of halogens is 2. The predicted octanol–water partition coefficient (Wildman–Crippen LogP) is 4.27. The average molecular weight is 285 g/mol. The van der Waals surface area contributed by atoms with E-state index in [-0.39, 0.29) is 11.9 Å². The first-order chi connectivity index (χ1) is 8.61. The number of nitrogens with one attached hydrogen (secondary N) is 1. The summed E-state index contributed by atoms with van der Waals surface area (Å²) in [5.41, 5.74) is 1.76. The second-order valence-corrected chi connectivity index (χ2v) is 5.25. The Bertz CT molecular complexity index is 542. The molecule has 0 bridgehead atoms. The smallest absolute Gasteiger partial charge is 0.125 e. The molecule has 1 heterocycles. The summed E-state index contributed by atoms with van der Waals surface area (Å²) >= 11 is 7.54. The topological polar surface area (TPSA) is 24.9 Å². The zero-order chi connectivity index (χ0) is 13.1. The van der Waals surface area contributed by atoms with Crippen molar-refractivity contribution in [1.29, 1.82) is 0 Å². The highest BCUT2D eigenvalue weighted by molar-refractivity contribution is 7.13. The lowest BCUT2D eigenvalue weighted by Gasteiger charge is -2.08. The van der Waals surface area contributed by atoms with Gasteiger partial charge in [0.25, 0.3) is 0 Å². The first-order valence-corrected chi connectivity index (χ1v) is 7.01. The average Bonchev–Trinajstić information content (AvgIpc) is 2.78. The highest BCUT2D eigenvalue weighted by atomic mass is 35.5. The van der Waals surface area contributed by atoms with Gasteiger partial charge in [0.1, 0.15) is 10.8 Å². The van der Waals surface area contributed by atoms with Crippen LogP contribution in [0.2, 0.25) is 5.02 Å². The lowest BCUT2D eigenvalue weighted by molar-refractivity contribution is 0.587. The maximum Gasteiger partial charge on any atom is 0.125 e. The van der Waals surface area contributed by atoms with Gasteiger partial charge in [0.15, 0.2) is 0 Å². The van der Waals surface area contributed by atoms with Gasteiger partial charge in [0, 0.05) is 17.0 Å². The summed E-state index contributed by atoms with van der Waals surface area (Å²) in [5, 5.41) is 6.52. The first-order valence-electron chi connectivity index (χ1n) is 5.76. The molecule has 96 valence electrons. The van der Waals surface area contributed by atoms with Crippen LogP contribution in [-0.4, -0.2) is 11.5 Å². The Hall–Kier alpha value is -0.970. The minimum Gasteiger partial charge on any atom is -0.309 e. The summed E-state index contributed by atoms with van der Waals surface area (Å²) in [6.45, 7) is 5.01. The van der Waals surface area contributed by atoms with E-state index in [9.17, 15) is 4.39 Å². The molecule has 0 radical (unpaired) electrons. The SMILES string of the molecule is CCNC(C)c1csc(-c2ccc(F)cc2Cl)n1. The number of hydrogen-bond acceptors (Lipinski definition) is 3. The molecule has 1 aromatic carbocycles. The summed E-state index contributed by atoms with van der Waals surface area (Å²) in [6.07, 6.45) is 0. The first kappa shape index (κ1) is 13.5. The molecule has 1 aromatic heterocycles. The lowest BCUT2D eigenvalue weighted by atomic mass is 10.2. The zero-order valence-electron chi connectivity index (χ0n) is 10.2. The zero-order valence-corrected chi connectivity index (χ0v) is 11.8. The van der Waals surface area contributed by atoms with E-state index in [0.717, 1.165) is 22.8 Å². The van der Waals surface area contributed by atoms with Crippen molar-refractivity contribution in [3.63, 3.8) is 0 Å². The third kappa shape index (κ3) is 2.88. The summed E-state index contributed by atoms with van der Waals surface area (Å²) in [6, 6.07) is 4.58. The third-order valence-electron chi connectivity index (χ3n) is 2.64. The number of rotatable bonds is 4. The van der Waals surface area contributed by atoms with Crippen LogP contribution in [0.3, 0.4) is 0 Å². The van der Waals surface area contributed by atoms with E-state index in [1.165, 1.54) is 23.5 Å². The molecule has 0 aliphatic heterocycles. The molecule has 1 N–H and O–H groups in total. The van der Waals surface area contributed by atoms with E-state index in [4.69, 9.17) is 11.6 Å². The van der Waals surface area contributed by atoms with Crippen molar-refractivity contribution >= 4 is 22.9 Å². The van der Waals surface area contributed by atoms with Crippen LogP contribution in [0.15, 0.2) is 23.6 Å². The van der Waals surface area contributed by atoms with Crippen molar-refractivity contribution < 1.29 is 4.39 Å². The van der Waals surface area contributed by atoms with Crippen molar-refractivity contribution in [1.82, 2.24) is 10.3 Å². The Labute approximate surface area is 115 Å². The molecule has 0 saturated carbocycles. The monoisotopic (exact) mass is 284 g/mol. The molecule has 0 aliphatic rings. The van der Waals surface area contributed by atoms with Crippen LogP contribution < -0.4 is 5.32 Å². The van der Waals surface area contributed by atoms with Crippen molar-refractivity contribution in [2.75, 3.05) is 6.54 Å². The highest BCUT2D eigenvalue weighted by Crippen LogP contribution is 2.32. The third-order valence-corrected chi connectivity index (χ3v) is 3.84. The van der Waals surface area contributed by atoms with Crippen LogP contribution in [0.4, 0.5) is 4.39 Å². The minimum atomic E-state index is -0.332. The molecule has 18 heavy (non-hydrogen) atoms. The minimum absolute atomic E-state index is 0.208. The largest absolute Gasteiger partial charge is 0.309 e. The molecule has 1 atom stereocenters. The van der Waals surface area contributed by atoms with Crippen LogP contribution in [0.1, 0.15) is 25.6 Å². The number of hydrogen-bond donors (Lipinski definition) is 1. The highest BCUT2D eigenvalue weighted by Gasteiger charge is 2.12. The predicted molar refractivity (Wildman–Crippen MR) is 74.6 cm³/mol. The molecule has 0 spiro atoms. The summed E-state index contributed by atoms with van der Waals surface area (Å²) in [4.78, 5) is 4.54. The number of nitrogens with zero attached hydrogens (tertiary/aromatic N) is 1. The van der Waals surface area contributed by atoms with E-state index < -0.39 is 0 Å². The lowest BCUT2D eigenvalue weighted by Crippen LogP contribution is -2.17. The van der Waals surface area contributed by atoms with E-state index in [1.807, 2.05) is 5.38 Å². The van der Waals surface area contributed by atoms with Gasteiger partial charge in [-0.05, 0) is 31.7 Å². The Kier molecular flexibility index (Phi) is 4.32. The number of thiazole rings is 1. The van der Waals surface area contributed by atoms with Crippen LogP contribution in [0.25, 0.3) is 10.6 Å². The van der Waals surface area contributed by atoms with Gasteiger partial charge in [-0.1, -0.05) is 18.5 Å². The fourth-order valence-corrected chi connectivity index (χ4v) is 2.95. The van der Waals surface area contributed by atoms with Gasteiger partial charge in [-0.15, -0.1) is 11.3 Å². The molecule has 0 saturated heterocycles. The summed E-state index contributed by atoms with van der Waals surface area (Å²) < 4.78 is 13.0. The van der Waals surface area contributed by atoms with Gasteiger partial charge < -0.3 is 5.32 Å². The molecule has 2 nitrogen and oxygen atoms in total. The number of aromatic nitrogens is 1. The molecule has 2 rings (SSSR count). The normalized spacial score (nSPS) is 12.7. The Balaban J connectivity index is 2.29. The van der Waals surface area contributed by atoms with Crippen molar-refractivity contribution in [3.8, 4) is 10.6 Å². The van der Waals surface area contributed by atoms with Gasteiger partial charge in [0.05, 0.1) is 10.7 Å². The van der Waals surface area contributed by atoms with Gasteiger partial charge in [-0.2, -0.15) is 0 Å². The molecular formula is C13H14ClFN2S. The summed E-state index contributed by atoms with van der Waals surface area (Å²) in [7, 11) is 0. The fourth-order valence-electron chi connectivity index (χ4n) is 1.68. The summed E-state index contributed by atoms with van der Waals surface area (Å²) in [5.74, 6) is -0.332. The molecule has 1 unspecified atom stereocenters. The van der Waals surface area contributed by atoms with Crippen molar-refractivity contribution in [2.24, 2.45) is 0 Å². The molecule has 0 aliphatic carbocycles. The molecular weight excluding hydrogens is 271 g/mol. The Morgan fingerprint density at radius 2 is 2.28 bits per heavy atom. The Morgan fingerprint density at radius 1 is 1.50 bits per heavy atom. The molecule has 5 heteroatoms. The molecule has 0 amide bonds. The van der Waals surface area contributed by atoms with Gasteiger partial charge in [0.2, 0.25) is 0 Å². The molecule has 2 aromatic rings. The van der Waals surface area contributed by atoms with E-state index >= 15 is 0 Å². The second-order valence-electron chi connectivity index (χ2n) is 3.98. The second kappa shape index (κ2) is 5.78. The van der Waals surface area contributed by atoms with Gasteiger partial charge >= 0.3 is 0 Å². The van der Waals surface area contributed by atoms with Crippen LogP contribution >= 0.6 is 22.9 Å². The van der Waals surface area contributed by atoms with Crippen molar-refractivity contribution in [3.05, 3.63) is 40.1 Å². The fraction of sp³-hybridized carbons (Fsp3) is 0.308. The van der Waals surface area contributed by atoms with E-state index in [1.54, 1.807) is 6.07 Å². The van der Waals surface area contributed by atoms with Crippen LogP contribution in [-0.2, 0) is 0 Å². The van der Waals surface area contributed by atoms with Crippen LogP contribution in [0.5, 0.6) is 0 Å². The Morgan fingerprint density at radius 3 is 2.94 bits per heavy atom. The maximum atomic E-state index is 13.0. The standard InChI is InChI=1S/C13H14ClFN2S/c1-3-16-8(2)12-7-18-13(17-12)10-5-4-9(15)6-11(10)14/h4-8,16H,3H2,1-2H3. The maximum absolute atomic E-state index is 13.0. The number of benzene rings is 1. The van der Waals surface area contributed by atoms with Gasteiger partial charge in [-0.25, -0.2) is 9.37 Å². The molecule has 0 fully saturated rings. The quantitative estimate of drug-likeness (QED) is 0.907.